The van der Waals surface area contributed by atoms with Crippen molar-refractivity contribution in [2.24, 2.45) is 5.92 Å². The van der Waals surface area contributed by atoms with E-state index in [-0.39, 0.29) is 17.3 Å². The molecule has 0 saturated carbocycles. The van der Waals surface area contributed by atoms with Crippen LogP contribution < -0.4 is 0 Å². The van der Waals surface area contributed by atoms with Gasteiger partial charge in [0.1, 0.15) is 5.60 Å². The Kier molecular flexibility index (Phi) is 7.03. The molecule has 1 fully saturated rings. The van der Waals surface area contributed by atoms with Crippen molar-refractivity contribution in [2.45, 2.75) is 51.4 Å². The van der Waals surface area contributed by atoms with Crippen LogP contribution >= 0.6 is 11.8 Å². The van der Waals surface area contributed by atoms with Crippen molar-refractivity contribution in [3.05, 3.63) is 0 Å². The lowest BCUT2D eigenvalue weighted by Crippen LogP contribution is -2.46. The minimum absolute atomic E-state index is 0.00216. The Morgan fingerprint density at radius 1 is 1.41 bits per heavy atom. The lowest BCUT2D eigenvalue weighted by molar-refractivity contribution is -0.132. The summed E-state index contributed by atoms with van der Waals surface area (Å²) in [5.41, 5.74) is -0.478. The maximum atomic E-state index is 12.3. The summed E-state index contributed by atoms with van der Waals surface area (Å²) in [4.78, 5) is 27.9. The fraction of sp³-hybridized carbons (Fsp3) is 0.875. The van der Waals surface area contributed by atoms with E-state index >= 15 is 0 Å². The van der Waals surface area contributed by atoms with Crippen molar-refractivity contribution >= 4 is 23.8 Å². The van der Waals surface area contributed by atoms with Gasteiger partial charge in [0.2, 0.25) is 5.91 Å². The largest absolute Gasteiger partial charge is 0.444 e. The number of carbonyl (C=O) groups is 2. The van der Waals surface area contributed by atoms with Crippen molar-refractivity contribution in [1.82, 2.24) is 9.80 Å². The third kappa shape index (κ3) is 6.07. The van der Waals surface area contributed by atoms with E-state index in [0.29, 0.717) is 12.5 Å². The molecule has 0 aromatic heterocycles. The van der Waals surface area contributed by atoms with Crippen LogP contribution in [0.15, 0.2) is 0 Å². The predicted octanol–water partition coefficient (Wildman–Crippen LogP) is 2.84. The van der Waals surface area contributed by atoms with E-state index in [4.69, 9.17) is 4.74 Å². The van der Waals surface area contributed by atoms with E-state index in [2.05, 4.69) is 0 Å². The second-order valence-corrected chi connectivity index (χ2v) is 8.21. The van der Waals surface area contributed by atoms with Crippen molar-refractivity contribution < 1.29 is 14.3 Å². The quantitative estimate of drug-likeness (QED) is 0.795. The SMILES string of the molecule is CSC(C)C(=O)N1CCCC(CN(C)C(=O)OC(C)(C)C)C1. The van der Waals surface area contributed by atoms with Crippen LogP contribution in [-0.2, 0) is 9.53 Å². The number of likely N-dealkylation sites (tertiary alicyclic amines) is 1. The summed E-state index contributed by atoms with van der Waals surface area (Å²) in [5, 5.41) is 0.00216. The van der Waals surface area contributed by atoms with Gasteiger partial charge in [-0.3, -0.25) is 4.79 Å². The van der Waals surface area contributed by atoms with Crippen molar-refractivity contribution in [2.75, 3.05) is 32.9 Å². The molecule has 1 aliphatic heterocycles. The number of nitrogens with zero attached hydrogens (tertiary/aromatic N) is 2. The van der Waals surface area contributed by atoms with E-state index in [1.165, 1.54) is 0 Å². The lowest BCUT2D eigenvalue weighted by Gasteiger charge is -2.36. The molecule has 1 rings (SSSR count). The molecule has 2 amide bonds. The number of carbonyl (C=O) groups excluding carboxylic acids is 2. The summed E-state index contributed by atoms with van der Waals surface area (Å²) in [6.45, 7) is 9.74. The van der Waals surface area contributed by atoms with Crippen LogP contribution in [0.25, 0.3) is 0 Å². The number of thioether (sulfide) groups is 1. The molecule has 1 heterocycles. The highest BCUT2D eigenvalue weighted by Crippen LogP contribution is 2.21. The molecule has 6 heteroatoms. The van der Waals surface area contributed by atoms with Gasteiger partial charge in [0.05, 0.1) is 5.25 Å². The smallest absolute Gasteiger partial charge is 0.410 e. The molecule has 2 unspecified atom stereocenters. The Labute approximate surface area is 138 Å². The lowest BCUT2D eigenvalue weighted by atomic mass is 9.97. The summed E-state index contributed by atoms with van der Waals surface area (Å²) >= 11 is 1.58. The molecule has 0 N–H and O–H groups in total. The molecule has 0 spiro atoms. The van der Waals surface area contributed by atoms with Gasteiger partial charge in [-0.05, 0) is 52.7 Å². The van der Waals surface area contributed by atoms with Crippen LogP contribution in [0.5, 0.6) is 0 Å². The monoisotopic (exact) mass is 330 g/mol. The number of hydrogen-bond acceptors (Lipinski definition) is 4. The molecule has 0 aliphatic carbocycles. The molecule has 0 aromatic rings. The van der Waals surface area contributed by atoms with Gasteiger partial charge in [-0.15, -0.1) is 0 Å². The summed E-state index contributed by atoms with van der Waals surface area (Å²) in [7, 11) is 1.76. The minimum Gasteiger partial charge on any atom is -0.444 e. The van der Waals surface area contributed by atoms with Gasteiger partial charge in [-0.2, -0.15) is 11.8 Å². The maximum Gasteiger partial charge on any atom is 0.410 e. The van der Waals surface area contributed by atoms with E-state index < -0.39 is 5.60 Å². The normalized spacial score (nSPS) is 20.5. The van der Waals surface area contributed by atoms with E-state index in [1.54, 1.807) is 23.7 Å². The first-order valence-electron chi connectivity index (χ1n) is 7.89. The maximum absolute atomic E-state index is 12.3. The molecule has 22 heavy (non-hydrogen) atoms. The molecule has 1 aliphatic rings. The second kappa shape index (κ2) is 8.09. The molecule has 128 valence electrons. The summed E-state index contributed by atoms with van der Waals surface area (Å²) in [6.07, 6.45) is 3.71. The fourth-order valence-corrected chi connectivity index (χ4v) is 2.92. The second-order valence-electron chi connectivity index (χ2n) is 7.03. The molecule has 0 aromatic carbocycles. The Morgan fingerprint density at radius 2 is 2.05 bits per heavy atom. The van der Waals surface area contributed by atoms with Crippen LogP contribution in [0.4, 0.5) is 4.79 Å². The first-order chi connectivity index (χ1) is 10.1. The molecule has 5 nitrogen and oxygen atoms in total. The Hall–Kier alpha value is -0.910. The number of hydrogen-bond donors (Lipinski definition) is 0. The predicted molar refractivity (Wildman–Crippen MR) is 91.1 cm³/mol. The minimum atomic E-state index is -0.478. The van der Waals surface area contributed by atoms with Gasteiger partial charge in [0.25, 0.3) is 0 Å². The van der Waals surface area contributed by atoms with Crippen LogP contribution in [-0.4, -0.2) is 65.6 Å². The third-order valence-electron chi connectivity index (χ3n) is 3.77. The first-order valence-corrected chi connectivity index (χ1v) is 9.18. The summed E-state index contributed by atoms with van der Waals surface area (Å²) in [6, 6.07) is 0. The topological polar surface area (TPSA) is 49.9 Å². The fourth-order valence-electron chi connectivity index (χ4n) is 2.57. The summed E-state index contributed by atoms with van der Waals surface area (Å²) < 4.78 is 5.37. The van der Waals surface area contributed by atoms with Gasteiger partial charge < -0.3 is 14.5 Å². The van der Waals surface area contributed by atoms with Crippen LogP contribution in [0, 0.1) is 5.92 Å². The van der Waals surface area contributed by atoms with Gasteiger partial charge in [-0.25, -0.2) is 4.79 Å². The molecular formula is C16H30N2O3S. The van der Waals surface area contributed by atoms with Gasteiger partial charge in [0, 0.05) is 26.7 Å². The highest BCUT2D eigenvalue weighted by atomic mass is 32.2. The highest BCUT2D eigenvalue weighted by Gasteiger charge is 2.28. The molecule has 2 atom stereocenters. The van der Waals surface area contributed by atoms with E-state index in [0.717, 1.165) is 25.9 Å². The first kappa shape index (κ1) is 19.1. The summed E-state index contributed by atoms with van der Waals surface area (Å²) in [5.74, 6) is 0.529. The Balaban J connectivity index is 2.52. The highest BCUT2D eigenvalue weighted by molar-refractivity contribution is 7.99. The van der Waals surface area contributed by atoms with Crippen molar-refractivity contribution in [3.63, 3.8) is 0 Å². The third-order valence-corrected chi connectivity index (χ3v) is 4.68. The van der Waals surface area contributed by atoms with E-state index in [9.17, 15) is 9.59 Å². The van der Waals surface area contributed by atoms with Crippen LogP contribution in [0.3, 0.4) is 0 Å². The average Bonchev–Trinajstić information content (AvgIpc) is 2.44. The molecular weight excluding hydrogens is 300 g/mol. The Bertz CT molecular complexity index is 395. The van der Waals surface area contributed by atoms with Gasteiger partial charge in [-0.1, -0.05) is 0 Å². The van der Waals surface area contributed by atoms with Crippen molar-refractivity contribution in [1.29, 1.82) is 0 Å². The van der Waals surface area contributed by atoms with Crippen molar-refractivity contribution in [3.8, 4) is 0 Å². The number of rotatable bonds is 4. The standard InChI is InChI=1S/C16H30N2O3S/c1-12(22-6)14(19)18-9-7-8-13(11-18)10-17(5)15(20)21-16(2,3)4/h12-13H,7-11H2,1-6H3. The Morgan fingerprint density at radius 3 is 2.59 bits per heavy atom. The zero-order chi connectivity index (χ0) is 16.9. The van der Waals surface area contributed by atoms with Crippen LogP contribution in [0.2, 0.25) is 0 Å². The zero-order valence-electron chi connectivity index (χ0n) is 14.7. The van der Waals surface area contributed by atoms with Gasteiger partial charge in [0.15, 0.2) is 0 Å². The number of piperidine rings is 1. The molecule has 1 saturated heterocycles. The zero-order valence-corrected chi connectivity index (χ0v) is 15.5. The van der Waals surface area contributed by atoms with E-state index in [1.807, 2.05) is 38.9 Å². The van der Waals surface area contributed by atoms with Crippen LogP contribution in [0.1, 0.15) is 40.5 Å². The number of amides is 2. The molecule has 0 bridgehead atoms. The average molecular weight is 330 g/mol. The van der Waals surface area contributed by atoms with Gasteiger partial charge >= 0.3 is 6.09 Å². The molecule has 0 radical (unpaired) electrons. The number of ether oxygens (including phenoxy) is 1.